The van der Waals surface area contributed by atoms with Gasteiger partial charge in [0.05, 0.1) is 7.11 Å². The van der Waals surface area contributed by atoms with Crippen LogP contribution in [-0.2, 0) is 19.1 Å². The fourth-order valence-corrected chi connectivity index (χ4v) is 2.20. The van der Waals surface area contributed by atoms with Gasteiger partial charge in [-0.1, -0.05) is 32.1 Å². The number of hydrogen-bond donors (Lipinski definition) is 2. The number of carbonyl (C=O) groups excluding carboxylic acids is 3. The van der Waals surface area contributed by atoms with Crippen molar-refractivity contribution in [1.82, 2.24) is 10.6 Å². The molecule has 0 saturated carbocycles. The summed E-state index contributed by atoms with van der Waals surface area (Å²) in [6, 6.07) is 6.30. The molecule has 0 saturated heterocycles. The first-order chi connectivity index (χ1) is 13.3. The summed E-state index contributed by atoms with van der Waals surface area (Å²) < 4.78 is 10.3. The molecule has 7 nitrogen and oxygen atoms in total. The van der Waals surface area contributed by atoms with Gasteiger partial charge < -0.3 is 20.1 Å². The van der Waals surface area contributed by atoms with Crippen molar-refractivity contribution in [2.24, 2.45) is 5.92 Å². The van der Waals surface area contributed by atoms with E-state index in [4.69, 9.17) is 9.47 Å². The van der Waals surface area contributed by atoms with Crippen molar-refractivity contribution in [2.75, 3.05) is 13.7 Å². The van der Waals surface area contributed by atoms with E-state index >= 15 is 0 Å². The van der Waals surface area contributed by atoms with Gasteiger partial charge in [-0.05, 0) is 36.6 Å². The first-order valence-corrected chi connectivity index (χ1v) is 9.00. The lowest BCUT2D eigenvalue weighted by molar-refractivity contribution is -0.158. The topological polar surface area (TPSA) is 93.7 Å². The molecular formula is C21H28N2O5. The van der Waals surface area contributed by atoms with E-state index in [0.717, 1.165) is 11.3 Å². The van der Waals surface area contributed by atoms with Gasteiger partial charge in [0.25, 0.3) is 5.91 Å². The summed E-state index contributed by atoms with van der Waals surface area (Å²) in [7, 11) is 1.58. The Morgan fingerprint density at radius 1 is 1.14 bits per heavy atom. The molecule has 1 rings (SSSR count). The highest BCUT2D eigenvalue weighted by Crippen LogP contribution is 2.12. The Labute approximate surface area is 165 Å². The summed E-state index contributed by atoms with van der Waals surface area (Å²) in [6.45, 7) is 8.81. The van der Waals surface area contributed by atoms with Crippen LogP contribution in [0.15, 0.2) is 43.0 Å². The molecule has 1 aromatic carbocycles. The van der Waals surface area contributed by atoms with E-state index in [-0.39, 0.29) is 12.5 Å². The maximum atomic E-state index is 12.4. The van der Waals surface area contributed by atoms with Crippen LogP contribution >= 0.6 is 0 Å². The third-order valence-electron chi connectivity index (χ3n) is 3.84. The molecule has 2 N–H and O–H groups in total. The molecule has 0 heterocycles. The molecule has 2 atom stereocenters. The summed E-state index contributed by atoms with van der Waals surface area (Å²) in [6.07, 6.45) is 3.52. The van der Waals surface area contributed by atoms with Gasteiger partial charge in [0.15, 0.2) is 6.10 Å². The van der Waals surface area contributed by atoms with E-state index in [2.05, 4.69) is 17.2 Å². The molecule has 7 heteroatoms. The third-order valence-corrected chi connectivity index (χ3v) is 3.84. The predicted molar refractivity (Wildman–Crippen MR) is 108 cm³/mol. The molecule has 0 bridgehead atoms. The lowest BCUT2D eigenvalue weighted by atomic mass is 10.0. The van der Waals surface area contributed by atoms with Gasteiger partial charge in [0, 0.05) is 12.6 Å². The van der Waals surface area contributed by atoms with Crippen LogP contribution in [-0.4, -0.2) is 43.6 Å². The van der Waals surface area contributed by atoms with Crippen LogP contribution in [0, 0.1) is 5.92 Å². The number of benzene rings is 1. The number of methoxy groups -OCH3 is 1. The van der Waals surface area contributed by atoms with Crippen molar-refractivity contribution in [3.8, 4) is 5.75 Å². The van der Waals surface area contributed by atoms with Gasteiger partial charge in [0.2, 0.25) is 5.91 Å². The second-order valence-electron chi connectivity index (χ2n) is 6.45. The van der Waals surface area contributed by atoms with Gasteiger partial charge in [-0.2, -0.15) is 0 Å². The van der Waals surface area contributed by atoms with E-state index in [9.17, 15) is 14.4 Å². The van der Waals surface area contributed by atoms with E-state index in [0.29, 0.717) is 0 Å². The Kier molecular flexibility index (Phi) is 9.50. The summed E-state index contributed by atoms with van der Waals surface area (Å²) in [5.74, 6) is -1.02. The SMILES string of the molecule is C=CCNC(=O)[C@H](C)OC(=O)[C@@H](NC(=O)/C=C/c1ccc(OC)cc1)C(C)C. The zero-order valence-electron chi connectivity index (χ0n) is 16.7. The fourth-order valence-electron chi connectivity index (χ4n) is 2.20. The fraction of sp³-hybridized carbons (Fsp3) is 0.381. The maximum absolute atomic E-state index is 12.4. The average molecular weight is 388 g/mol. The molecule has 1 aromatic rings. The van der Waals surface area contributed by atoms with Crippen molar-refractivity contribution in [2.45, 2.75) is 32.9 Å². The van der Waals surface area contributed by atoms with Crippen molar-refractivity contribution in [3.63, 3.8) is 0 Å². The first-order valence-electron chi connectivity index (χ1n) is 9.00. The summed E-state index contributed by atoms with van der Waals surface area (Å²) >= 11 is 0. The van der Waals surface area contributed by atoms with E-state index in [1.54, 1.807) is 51.3 Å². The molecule has 0 aliphatic rings. The molecule has 0 spiro atoms. The molecule has 0 radical (unpaired) electrons. The highest BCUT2D eigenvalue weighted by molar-refractivity contribution is 5.95. The molecular weight excluding hydrogens is 360 g/mol. The quantitative estimate of drug-likeness (QED) is 0.364. The highest BCUT2D eigenvalue weighted by atomic mass is 16.5. The lowest BCUT2D eigenvalue weighted by Crippen LogP contribution is -2.47. The number of amides is 2. The maximum Gasteiger partial charge on any atom is 0.329 e. The molecule has 0 aliphatic carbocycles. The summed E-state index contributed by atoms with van der Waals surface area (Å²) in [5, 5.41) is 5.17. The molecule has 2 amide bonds. The van der Waals surface area contributed by atoms with Gasteiger partial charge in [-0.15, -0.1) is 6.58 Å². The van der Waals surface area contributed by atoms with Crippen molar-refractivity contribution < 1.29 is 23.9 Å². The Morgan fingerprint density at radius 3 is 2.32 bits per heavy atom. The summed E-state index contributed by atoms with van der Waals surface area (Å²) in [4.78, 5) is 36.4. The molecule has 152 valence electrons. The number of carbonyl (C=O) groups is 3. The van der Waals surface area contributed by atoms with Crippen molar-refractivity contribution in [1.29, 1.82) is 0 Å². The van der Waals surface area contributed by atoms with Crippen LogP contribution in [0.5, 0.6) is 5.75 Å². The van der Waals surface area contributed by atoms with E-state index in [1.807, 2.05) is 0 Å². The minimum atomic E-state index is -0.972. The predicted octanol–water partition coefficient (Wildman–Crippen LogP) is 2.08. The van der Waals surface area contributed by atoms with Crippen LogP contribution in [0.1, 0.15) is 26.3 Å². The molecule has 0 aromatic heterocycles. The Balaban J connectivity index is 2.67. The van der Waals surface area contributed by atoms with Gasteiger partial charge in [-0.25, -0.2) is 4.79 Å². The lowest BCUT2D eigenvalue weighted by Gasteiger charge is -2.22. The number of ether oxygens (including phenoxy) is 2. The first kappa shape index (κ1) is 23.0. The van der Waals surface area contributed by atoms with Gasteiger partial charge in [0.1, 0.15) is 11.8 Å². The Hall–Kier alpha value is -3.09. The highest BCUT2D eigenvalue weighted by Gasteiger charge is 2.28. The van der Waals surface area contributed by atoms with E-state index in [1.165, 1.54) is 19.1 Å². The number of rotatable bonds is 10. The third kappa shape index (κ3) is 7.65. The molecule has 0 unspecified atom stereocenters. The second kappa shape index (κ2) is 11.6. The molecule has 0 fully saturated rings. The largest absolute Gasteiger partial charge is 0.497 e. The zero-order valence-corrected chi connectivity index (χ0v) is 16.7. The normalized spacial score (nSPS) is 12.9. The van der Waals surface area contributed by atoms with Gasteiger partial charge in [-0.3, -0.25) is 9.59 Å². The number of nitrogens with one attached hydrogen (secondary N) is 2. The van der Waals surface area contributed by atoms with E-state index < -0.39 is 29.9 Å². The Morgan fingerprint density at radius 2 is 1.79 bits per heavy atom. The molecule has 28 heavy (non-hydrogen) atoms. The summed E-state index contributed by atoms with van der Waals surface area (Å²) in [5.41, 5.74) is 0.812. The van der Waals surface area contributed by atoms with Crippen LogP contribution in [0.4, 0.5) is 0 Å². The van der Waals surface area contributed by atoms with Crippen LogP contribution in [0.25, 0.3) is 6.08 Å². The minimum Gasteiger partial charge on any atom is -0.497 e. The number of esters is 1. The standard InChI is InChI=1S/C21H28N2O5/c1-6-13-22-20(25)15(4)28-21(26)19(14(2)3)23-18(24)12-9-16-7-10-17(27-5)11-8-16/h6-12,14-15,19H,1,13H2,2-5H3,(H,22,25)(H,23,24)/b12-9+/t15-,19-/m0/s1. The van der Waals surface area contributed by atoms with Crippen molar-refractivity contribution >= 4 is 23.9 Å². The average Bonchev–Trinajstić information content (AvgIpc) is 2.68. The van der Waals surface area contributed by atoms with Gasteiger partial charge >= 0.3 is 5.97 Å². The van der Waals surface area contributed by atoms with Crippen LogP contribution in [0.2, 0.25) is 0 Å². The van der Waals surface area contributed by atoms with Crippen LogP contribution < -0.4 is 15.4 Å². The van der Waals surface area contributed by atoms with Crippen molar-refractivity contribution in [3.05, 3.63) is 48.6 Å². The number of hydrogen-bond acceptors (Lipinski definition) is 5. The van der Waals surface area contributed by atoms with Crippen LogP contribution in [0.3, 0.4) is 0 Å². The Bertz CT molecular complexity index is 710. The second-order valence-corrected chi connectivity index (χ2v) is 6.45. The monoisotopic (exact) mass is 388 g/mol. The zero-order chi connectivity index (χ0) is 21.1. The minimum absolute atomic E-state index is 0.214. The molecule has 0 aliphatic heterocycles. The smallest absolute Gasteiger partial charge is 0.329 e.